The van der Waals surface area contributed by atoms with Crippen molar-refractivity contribution in [3.8, 4) is 0 Å². The topological polar surface area (TPSA) is 86.7 Å². The first kappa shape index (κ1) is 22.0. The first-order valence-electron chi connectivity index (χ1n) is 9.92. The largest absolute Gasteiger partial charge is 0.465 e. The second-order valence-corrected chi connectivity index (χ2v) is 9.55. The van der Waals surface area contributed by atoms with Crippen molar-refractivity contribution in [1.82, 2.24) is 0 Å². The first-order valence-corrected chi connectivity index (χ1v) is 11.5. The first-order chi connectivity index (χ1) is 14.2. The van der Waals surface area contributed by atoms with Crippen molar-refractivity contribution in [2.75, 3.05) is 13.2 Å². The fourth-order valence-corrected chi connectivity index (χ4v) is 6.23. The fraction of sp³-hybridized carbons (Fsp3) is 0.391. The molecule has 0 aliphatic heterocycles. The minimum atomic E-state index is -4.03. The van der Waals surface area contributed by atoms with Crippen LogP contribution in [0.5, 0.6) is 0 Å². The van der Waals surface area contributed by atoms with Gasteiger partial charge in [0.05, 0.1) is 18.1 Å². The molecule has 1 aliphatic carbocycles. The average Bonchev–Trinajstić information content (AvgIpc) is 3.42. The van der Waals surface area contributed by atoms with Gasteiger partial charge in [-0.1, -0.05) is 47.5 Å². The van der Waals surface area contributed by atoms with E-state index in [9.17, 15) is 18.0 Å². The van der Waals surface area contributed by atoms with Gasteiger partial charge < -0.3 is 9.47 Å². The Morgan fingerprint density at radius 2 is 1.27 bits per heavy atom. The molecule has 0 amide bonds. The number of aryl methyl sites for hydroxylation is 2. The Morgan fingerprint density at radius 3 is 1.70 bits per heavy atom. The molecule has 2 aromatic rings. The van der Waals surface area contributed by atoms with E-state index in [0.29, 0.717) is 5.56 Å². The lowest BCUT2D eigenvalue weighted by molar-refractivity contribution is -0.164. The summed E-state index contributed by atoms with van der Waals surface area (Å²) >= 11 is 0. The van der Waals surface area contributed by atoms with Crippen LogP contribution in [0.1, 0.15) is 36.5 Å². The number of hydrogen-bond acceptors (Lipinski definition) is 6. The van der Waals surface area contributed by atoms with Gasteiger partial charge in [-0.25, -0.2) is 8.42 Å². The smallest absolute Gasteiger partial charge is 0.325 e. The molecule has 0 N–H and O–H groups in total. The van der Waals surface area contributed by atoms with E-state index in [4.69, 9.17) is 9.47 Å². The number of sulfone groups is 1. The zero-order valence-electron chi connectivity index (χ0n) is 17.5. The summed E-state index contributed by atoms with van der Waals surface area (Å²) in [6.45, 7) is 7.04. The lowest BCUT2D eigenvalue weighted by atomic mass is 9.98. The Kier molecular flexibility index (Phi) is 6.04. The number of esters is 2. The van der Waals surface area contributed by atoms with E-state index in [-0.39, 0.29) is 18.1 Å². The molecule has 0 bridgehead atoms. The Morgan fingerprint density at radius 1 is 0.833 bits per heavy atom. The van der Waals surface area contributed by atoms with Gasteiger partial charge in [0.15, 0.2) is 15.3 Å². The molecule has 30 heavy (non-hydrogen) atoms. The fourth-order valence-electron chi connectivity index (χ4n) is 3.94. The highest BCUT2D eigenvalue weighted by Crippen LogP contribution is 2.65. The maximum Gasteiger partial charge on any atom is 0.325 e. The van der Waals surface area contributed by atoms with E-state index in [1.807, 2.05) is 26.0 Å². The lowest BCUT2D eigenvalue weighted by Gasteiger charge is -2.15. The summed E-state index contributed by atoms with van der Waals surface area (Å²) in [6.07, 6.45) is 0. The van der Waals surface area contributed by atoms with Crippen LogP contribution in [0.15, 0.2) is 53.4 Å². The van der Waals surface area contributed by atoms with E-state index in [1.54, 1.807) is 38.1 Å². The molecular weight excluding hydrogens is 404 g/mol. The van der Waals surface area contributed by atoms with Gasteiger partial charge in [-0.15, -0.1) is 0 Å². The Labute approximate surface area is 177 Å². The molecule has 1 fully saturated rings. The minimum Gasteiger partial charge on any atom is -0.465 e. The molecule has 2 atom stereocenters. The van der Waals surface area contributed by atoms with E-state index < -0.39 is 38.4 Å². The third kappa shape index (κ3) is 3.51. The van der Waals surface area contributed by atoms with E-state index >= 15 is 0 Å². The average molecular weight is 431 g/mol. The molecule has 0 heterocycles. The quantitative estimate of drug-likeness (QED) is 0.495. The van der Waals surface area contributed by atoms with Crippen LogP contribution in [0.4, 0.5) is 0 Å². The Hall–Kier alpha value is -2.67. The second kappa shape index (κ2) is 8.22. The van der Waals surface area contributed by atoms with Gasteiger partial charge in [0.2, 0.25) is 0 Å². The van der Waals surface area contributed by atoms with Gasteiger partial charge in [0, 0.05) is 5.92 Å². The highest BCUT2D eigenvalue weighted by Gasteiger charge is 2.81. The highest BCUT2D eigenvalue weighted by atomic mass is 32.2. The van der Waals surface area contributed by atoms with Crippen molar-refractivity contribution in [1.29, 1.82) is 0 Å². The maximum atomic E-state index is 13.6. The lowest BCUT2D eigenvalue weighted by Crippen LogP contribution is -2.35. The van der Waals surface area contributed by atoms with Gasteiger partial charge >= 0.3 is 11.9 Å². The van der Waals surface area contributed by atoms with Crippen LogP contribution in [0.3, 0.4) is 0 Å². The second-order valence-electron chi connectivity index (χ2n) is 7.48. The summed E-state index contributed by atoms with van der Waals surface area (Å²) in [5.41, 5.74) is 0.546. The summed E-state index contributed by atoms with van der Waals surface area (Å²) < 4.78 is 37.5. The van der Waals surface area contributed by atoms with Crippen LogP contribution >= 0.6 is 0 Å². The predicted molar refractivity (Wildman–Crippen MR) is 112 cm³/mol. The van der Waals surface area contributed by atoms with Crippen LogP contribution in [0.25, 0.3) is 0 Å². The normalized spacial score (nSPS) is 19.7. The summed E-state index contributed by atoms with van der Waals surface area (Å²) in [4.78, 5) is 26.2. The molecule has 1 aliphatic rings. The van der Waals surface area contributed by atoms with E-state index in [0.717, 1.165) is 11.1 Å². The molecular formula is C23H26O6S. The molecule has 6 nitrogen and oxygen atoms in total. The third-order valence-corrected chi connectivity index (χ3v) is 7.72. The molecule has 2 aromatic carbocycles. The van der Waals surface area contributed by atoms with Crippen molar-refractivity contribution in [2.45, 2.75) is 43.8 Å². The summed E-state index contributed by atoms with van der Waals surface area (Å²) in [6, 6.07) is 13.5. The van der Waals surface area contributed by atoms with Crippen LogP contribution in [-0.2, 0) is 28.9 Å². The molecule has 0 spiro atoms. The van der Waals surface area contributed by atoms with Crippen LogP contribution in [0.2, 0.25) is 0 Å². The summed E-state index contributed by atoms with van der Waals surface area (Å²) in [7, 11) is -4.03. The van der Waals surface area contributed by atoms with Crippen molar-refractivity contribution in [3.05, 3.63) is 65.2 Å². The Balaban J connectivity index is 2.19. The molecule has 0 aromatic heterocycles. The SMILES string of the molecule is CCOC(=O)C1(C(=O)OCC)[C@H](c2ccc(C)cc2)[C@@H]1S(=O)(=O)c1ccc(C)cc1. The number of ether oxygens (including phenoxy) is 2. The molecule has 7 heteroatoms. The van der Waals surface area contributed by atoms with Crippen LogP contribution in [0, 0.1) is 19.3 Å². The molecule has 1 saturated carbocycles. The summed E-state index contributed by atoms with van der Waals surface area (Å²) in [5, 5.41) is -1.30. The maximum absolute atomic E-state index is 13.6. The minimum absolute atomic E-state index is 0.0257. The number of benzene rings is 2. The highest BCUT2D eigenvalue weighted by molar-refractivity contribution is 7.92. The van der Waals surface area contributed by atoms with E-state index in [1.165, 1.54) is 12.1 Å². The molecule has 160 valence electrons. The van der Waals surface area contributed by atoms with Gasteiger partial charge in [0.1, 0.15) is 5.25 Å². The standard InChI is InChI=1S/C23H26O6S/c1-5-28-21(24)23(22(25)29-6-2)19(17-11-7-15(3)8-12-17)20(23)30(26,27)18-13-9-16(4)10-14-18/h7-14,19-20H,5-6H2,1-4H3/t19-,20+/m1/s1. The third-order valence-electron chi connectivity index (χ3n) is 5.48. The van der Waals surface area contributed by atoms with Crippen molar-refractivity contribution in [3.63, 3.8) is 0 Å². The predicted octanol–water partition coefficient (Wildman–Crippen LogP) is 3.36. The molecule has 0 saturated heterocycles. The zero-order chi connectivity index (χ0) is 22.1. The van der Waals surface area contributed by atoms with Gasteiger partial charge in [-0.05, 0) is 45.4 Å². The van der Waals surface area contributed by atoms with Crippen molar-refractivity contribution < 1.29 is 27.5 Å². The van der Waals surface area contributed by atoms with Gasteiger partial charge in [-0.2, -0.15) is 0 Å². The summed E-state index contributed by atoms with van der Waals surface area (Å²) in [5.74, 6) is -2.62. The molecule has 0 unspecified atom stereocenters. The van der Waals surface area contributed by atoms with Gasteiger partial charge in [0.25, 0.3) is 0 Å². The van der Waals surface area contributed by atoms with E-state index in [2.05, 4.69) is 0 Å². The number of rotatable bonds is 7. The number of carbonyl (C=O) groups excluding carboxylic acids is 2. The zero-order valence-corrected chi connectivity index (χ0v) is 18.4. The van der Waals surface area contributed by atoms with Crippen LogP contribution < -0.4 is 0 Å². The van der Waals surface area contributed by atoms with Gasteiger partial charge in [-0.3, -0.25) is 9.59 Å². The van der Waals surface area contributed by atoms with Crippen molar-refractivity contribution >= 4 is 21.8 Å². The Bertz CT molecular complexity index is 1020. The number of hydrogen-bond donors (Lipinski definition) is 0. The van der Waals surface area contributed by atoms with Crippen LogP contribution in [-0.4, -0.2) is 38.8 Å². The number of carbonyl (C=O) groups is 2. The van der Waals surface area contributed by atoms with Crippen molar-refractivity contribution in [2.24, 2.45) is 5.41 Å². The molecule has 0 radical (unpaired) electrons. The molecule has 3 rings (SSSR count). The monoisotopic (exact) mass is 430 g/mol.